The van der Waals surface area contributed by atoms with Crippen LogP contribution < -0.4 is 4.90 Å². The Balaban J connectivity index is 0.000000924. The molecule has 3 nitrogen and oxygen atoms in total. The molecule has 0 unspecified atom stereocenters. The van der Waals surface area contributed by atoms with Crippen LogP contribution in [0.1, 0.15) is 20.8 Å². The van der Waals surface area contributed by atoms with Crippen LogP contribution in [-0.2, 0) is 0 Å². The van der Waals surface area contributed by atoms with Crippen molar-refractivity contribution in [3.8, 4) is 0 Å². The molecule has 0 fully saturated rings. The summed E-state index contributed by atoms with van der Waals surface area (Å²) in [5.74, 6) is 1.39. The van der Waals surface area contributed by atoms with E-state index in [9.17, 15) is 4.79 Å². The predicted molar refractivity (Wildman–Crippen MR) is 105 cm³/mol. The third-order valence-corrected chi connectivity index (χ3v) is 5.30. The van der Waals surface area contributed by atoms with Gasteiger partial charge >= 0.3 is 0 Å². The third kappa shape index (κ3) is 4.05. The van der Waals surface area contributed by atoms with Crippen molar-refractivity contribution in [2.24, 2.45) is 0 Å². The van der Waals surface area contributed by atoms with E-state index in [0.29, 0.717) is 10.8 Å². The maximum Gasteiger partial charge on any atom is 0.291 e. The quantitative estimate of drug-likeness (QED) is 0.486. The highest BCUT2D eigenvalue weighted by molar-refractivity contribution is 9.10. The Labute approximate surface area is 158 Å². The zero-order chi connectivity index (χ0) is 17.0. The molecule has 1 aliphatic rings. The molecule has 1 amide bonds. The van der Waals surface area contributed by atoms with Gasteiger partial charge in [-0.2, -0.15) is 0 Å². The van der Waals surface area contributed by atoms with Crippen LogP contribution in [0.4, 0.5) is 16.3 Å². The number of carbonyl (C=O) groups excluding carboxylic acids is 1. The minimum atomic E-state index is -0.0301. The molecular weight excluding hydrogens is 416 g/mol. The largest absolute Gasteiger partial charge is 0.291 e. The second kappa shape index (κ2) is 8.42. The predicted octanol–water partition coefficient (Wildman–Crippen LogP) is 7.00. The molecule has 0 spiro atoms. The zero-order valence-corrected chi connectivity index (χ0v) is 16.9. The second-order valence-corrected chi connectivity index (χ2v) is 7.87. The number of hydrogen-bond donors (Lipinski definition) is 0. The molecule has 2 aromatic rings. The first kappa shape index (κ1) is 18.6. The maximum atomic E-state index is 12.5. The number of hydrogen-bond acceptors (Lipinski definition) is 4. The molecule has 0 saturated carbocycles. The molecule has 1 aliphatic heterocycles. The number of rotatable bonds is 1. The lowest BCUT2D eigenvalue weighted by Crippen LogP contribution is -2.26. The molecule has 23 heavy (non-hydrogen) atoms. The smallest absolute Gasteiger partial charge is 0.261 e. The Hall–Kier alpha value is -0.690. The number of halogens is 2. The van der Waals surface area contributed by atoms with E-state index in [0.717, 1.165) is 25.7 Å². The van der Waals surface area contributed by atoms with E-state index in [1.54, 1.807) is 28.9 Å². The summed E-state index contributed by atoms with van der Waals surface area (Å²) in [7, 11) is 0. The van der Waals surface area contributed by atoms with Crippen LogP contribution in [0.25, 0.3) is 0 Å². The van der Waals surface area contributed by atoms with Crippen molar-refractivity contribution >= 4 is 67.8 Å². The summed E-state index contributed by atoms with van der Waals surface area (Å²) in [4.78, 5) is 20.5. The summed E-state index contributed by atoms with van der Waals surface area (Å²) >= 11 is 12.3. The zero-order valence-electron chi connectivity index (χ0n) is 13.0. The molecule has 1 aromatic heterocycles. The van der Waals surface area contributed by atoms with Gasteiger partial charge in [0.2, 0.25) is 0 Å². The average molecular weight is 432 g/mol. The second-order valence-electron chi connectivity index (χ2n) is 4.22. The van der Waals surface area contributed by atoms with Crippen LogP contribution in [0.15, 0.2) is 44.7 Å². The molecule has 7 heteroatoms. The van der Waals surface area contributed by atoms with E-state index >= 15 is 0 Å². The maximum absolute atomic E-state index is 12.5. The number of aromatic nitrogens is 1. The van der Waals surface area contributed by atoms with Crippen LogP contribution in [0, 0.1) is 0 Å². The van der Waals surface area contributed by atoms with Gasteiger partial charge in [0.25, 0.3) is 5.24 Å². The first-order chi connectivity index (χ1) is 11.1. The summed E-state index contributed by atoms with van der Waals surface area (Å²) in [6.45, 7) is 5.96. The number of anilines is 2. The van der Waals surface area contributed by atoms with Crippen molar-refractivity contribution in [3.63, 3.8) is 0 Å². The monoisotopic (exact) mass is 430 g/mol. The number of amides is 1. The minimum Gasteiger partial charge on any atom is -0.261 e. The lowest BCUT2D eigenvalue weighted by molar-refractivity contribution is 0.266. The molecule has 0 N–H and O–H groups in total. The minimum absolute atomic E-state index is 0.0301. The van der Waals surface area contributed by atoms with Gasteiger partial charge in [-0.15, -0.1) is 0 Å². The van der Waals surface area contributed by atoms with E-state index in [1.807, 2.05) is 39.0 Å². The molecule has 2 heterocycles. The van der Waals surface area contributed by atoms with Crippen LogP contribution >= 0.6 is 51.1 Å². The normalized spacial score (nSPS) is 12.0. The van der Waals surface area contributed by atoms with Gasteiger partial charge in [-0.1, -0.05) is 55.9 Å². The first-order valence-electron chi connectivity index (χ1n) is 7.20. The van der Waals surface area contributed by atoms with Gasteiger partial charge in [0.1, 0.15) is 0 Å². The molecule has 0 saturated heterocycles. The lowest BCUT2D eigenvalue weighted by atomic mass is 10.3. The molecule has 0 bridgehead atoms. The number of thioether (sulfide) groups is 1. The van der Waals surface area contributed by atoms with Gasteiger partial charge in [-0.3, -0.25) is 9.69 Å². The van der Waals surface area contributed by atoms with Gasteiger partial charge in [-0.25, -0.2) is 4.98 Å². The summed E-state index contributed by atoms with van der Waals surface area (Å²) in [6, 6.07) is 7.50. The summed E-state index contributed by atoms with van der Waals surface area (Å²) < 4.78 is 0.884. The summed E-state index contributed by atoms with van der Waals surface area (Å²) in [6.07, 6.45) is 1.71. The van der Waals surface area contributed by atoms with Crippen molar-refractivity contribution in [2.45, 2.75) is 30.6 Å². The standard InChI is InChI=1S/C14H10BrClN2OS2.C2H6/c1-2-20-14(19)18-10-4-3-9(16)6-11(10)21-12-5-8(15)7-17-13(12)18;1-2/h3-7H,2H2,1H3;1-2H3. The van der Waals surface area contributed by atoms with Crippen LogP contribution in [0.2, 0.25) is 5.02 Å². The fourth-order valence-electron chi connectivity index (χ4n) is 2.02. The number of nitrogens with zero attached hydrogens (tertiary/aromatic N) is 2. The number of carbonyl (C=O) groups is 1. The van der Waals surface area contributed by atoms with Crippen molar-refractivity contribution in [3.05, 3.63) is 40.0 Å². The Morgan fingerprint density at radius 2 is 2.09 bits per heavy atom. The highest BCUT2D eigenvalue weighted by atomic mass is 79.9. The first-order valence-corrected chi connectivity index (χ1v) is 10.2. The van der Waals surface area contributed by atoms with E-state index < -0.39 is 0 Å². The Morgan fingerprint density at radius 3 is 2.78 bits per heavy atom. The molecule has 1 aromatic carbocycles. The van der Waals surface area contributed by atoms with Crippen molar-refractivity contribution in [2.75, 3.05) is 10.7 Å². The Kier molecular flexibility index (Phi) is 6.83. The average Bonchev–Trinajstić information content (AvgIpc) is 2.54. The van der Waals surface area contributed by atoms with Crippen LogP contribution in [0.5, 0.6) is 0 Å². The van der Waals surface area contributed by atoms with Crippen molar-refractivity contribution < 1.29 is 4.79 Å². The van der Waals surface area contributed by atoms with Gasteiger partial charge in [0.05, 0.1) is 10.6 Å². The Bertz CT molecular complexity index is 676. The van der Waals surface area contributed by atoms with Gasteiger partial charge in [0, 0.05) is 20.6 Å². The van der Waals surface area contributed by atoms with Crippen LogP contribution in [-0.4, -0.2) is 16.0 Å². The Morgan fingerprint density at radius 1 is 1.35 bits per heavy atom. The van der Waals surface area contributed by atoms with Gasteiger partial charge in [-0.05, 0) is 45.9 Å². The molecular formula is C16H16BrClN2OS2. The molecule has 3 rings (SSSR count). The molecule has 122 valence electrons. The molecule has 0 radical (unpaired) electrons. The van der Waals surface area contributed by atoms with Gasteiger partial charge in [0.15, 0.2) is 5.82 Å². The van der Waals surface area contributed by atoms with E-state index in [1.165, 1.54) is 11.8 Å². The van der Waals surface area contributed by atoms with E-state index in [2.05, 4.69) is 20.9 Å². The number of fused-ring (bicyclic) bond motifs is 2. The highest BCUT2D eigenvalue weighted by Crippen LogP contribution is 2.49. The highest BCUT2D eigenvalue weighted by Gasteiger charge is 2.29. The van der Waals surface area contributed by atoms with Gasteiger partial charge < -0.3 is 0 Å². The SMILES string of the molecule is CC.CCSC(=O)N1c2ccc(Cl)cc2Sc2cc(Br)cnc21. The summed E-state index contributed by atoms with van der Waals surface area (Å²) in [5.41, 5.74) is 0.831. The number of benzene rings is 1. The molecule has 0 atom stereocenters. The van der Waals surface area contributed by atoms with E-state index in [4.69, 9.17) is 11.6 Å². The summed E-state index contributed by atoms with van der Waals surface area (Å²) in [5, 5.41) is 0.626. The van der Waals surface area contributed by atoms with E-state index in [-0.39, 0.29) is 5.24 Å². The molecule has 0 aliphatic carbocycles. The number of pyridine rings is 1. The van der Waals surface area contributed by atoms with Crippen molar-refractivity contribution in [1.29, 1.82) is 0 Å². The fraction of sp³-hybridized carbons (Fsp3) is 0.250. The van der Waals surface area contributed by atoms with Crippen molar-refractivity contribution in [1.82, 2.24) is 4.98 Å². The topological polar surface area (TPSA) is 33.2 Å². The lowest BCUT2D eigenvalue weighted by Gasteiger charge is -2.29. The van der Waals surface area contributed by atoms with Crippen LogP contribution in [0.3, 0.4) is 0 Å². The fourth-order valence-corrected chi connectivity index (χ4v) is 4.40. The third-order valence-electron chi connectivity index (χ3n) is 2.84.